The Labute approximate surface area is 230 Å². The number of ether oxygens (including phenoxy) is 1. The summed E-state index contributed by atoms with van der Waals surface area (Å²) < 4.78 is 18.8. The molecule has 10 heteroatoms. The maximum atomic E-state index is 13.4. The summed E-state index contributed by atoms with van der Waals surface area (Å²) in [6.45, 7) is 5.34. The first-order chi connectivity index (χ1) is 19.1. The quantitative estimate of drug-likeness (QED) is 0.279. The zero-order chi connectivity index (χ0) is 28.4. The molecule has 0 atom stereocenters. The Bertz CT molecular complexity index is 1580. The van der Waals surface area contributed by atoms with E-state index in [-0.39, 0.29) is 30.3 Å². The minimum absolute atomic E-state index is 0.127. The van der Waals surface area contributed by atoms with E-state index in [1.807, 2.05) is 30.3 Å². The molecule has 3 N–H and O–H groups in total. The molecule has 3 heterocycles. The average molecular weight is 542 g/mol. The van der Waals surface area contributed by atoms with Crippen LogP contribution in [0, 0.1) is 5.82 Å². The third-order valence-electron chi connectivity index (χ3n) is 6.13. The topological polar surface area (TPSA) is 116 Å². The average Bonchev–Trinajstić information content (AvgIpc) is 3.27. The monoisotopic (exact) mass is 541 g/mol. The minimum Gasteiger partial charge on any atom is -0.444 e. The third kappa shape index (κ3) is 5.85. The standard InChI is InChI=1S/C30H28FN5O4/c1-30(2,3)40-29(39)36-16-22-25(23(37)17-36)27(33-21-7-5-4-6-8-21)26(34-22)19-13-14-32-24(15-19)35-28(38)18-9-11-20(31)12-10-18/h4-15,33-34H,16-17H2,1-3H3,(H,32,35,38). The predicted octanol–water partition coefficient (Wildman–Crippen LogP) is 6.15. The molecule has 1 aliphatic rings. The highest BCUT2D eigenvalue weighted by Gasteiger charge is 2.34. The van der Waals surface area contributed by atoms with Crippen LogP contribution < -0.4 is 10.6 Å². The summed E-state index contributed by atoms with van der Waals surface area (Å²) >= 11 is 0. The van der Waals surface area contributed by atoms with Crippen LogP contribution in [0.15, 0.2) is 72.9 Å². The Morgan fingerprint density at radius 1 is 1.02 bits per heavy atom. The SMILES string of the molecule is CC(C)(C)OC(=O)N1CC(=O)c2c([nH]c(-c3ccnc(NC(=O)c4ccc(F)cc4)c3)c2Nc2ccccc2)C1. The fraction of sp³-hybridized carbons (Fsp3) is 0.200. The zero-order valence-electron chi connectivity index (χ0n) is 22.2. The Balaban J connectivity index is 1.50. The van der Waals surface area contributed by atoms with E-state index in [1.165, 1.54) is 35.4 Å². The van der Waals surface area contributed by atoms with Gasteiger partial charge in [-0.2, -0.15) is 0 Å². The molecule has 2 aromatic heterocycles. The van der Waals surface area contributed by atoms with Crippen molar-refractivity contribution in [1.29, 1.82) is 0 Å². The second-order valence-electron chi connectivity index (χ2n) is 10.4. The number of benzene rings is 2. The molecule has 0 saturated carbocycles. The largest absolute Gasteiger partial charge is 0.444 e. The van der Waals surface area contributed by atoms with E-state index in [2.05, 4.69) is 20.6 Å². The number of nitrogens with zero attached hydrogens (tertiary/aromatic N) is 2. The number of pyridine rings is 1. The molecule has 40 heavy (non-hydrogen) atoms. The fourth-order valence-corrected chi connectivity index (χ4v) is 4.38. The number of carbonyl (C=O) groups is 3. The van der Waals surface area contributed by atoms with Gasteiger partial charge in [-0.05, 0) is 69.3 Å². The number of ketones is 1. The third-order valence-corrected chi connectivity index (χ3v) is 6.13. The molecule has 0 unspecified atom stereocenters. The van der Waals surface area contributed by atoms with Crippen LogP contribution in [0.1, 0.15) is 47.2 Å². The van der Waals surface area contributed by atoms with Crippen LogP contribution in [0.3, 0.4) is 0 Å². The van der Waals surface area contributed by atoms with Gasteiger partial charge in [0.2, 0.25) is 0 Å². The lowest BCUT2D eigenvalue weighted by atomic mass is 10.0. The second-order valence-corrected chi connectivity index (χ2v) is 10.4. The van der Waals surface area contributed by atoms with Gasteiger partial charge in [0.1, 0.15) is 17.2 Å². The van der Waals surface area contributed by atoms with Gasteiger partial charge in [0.05, 0.1) is 30.0 Å². The highest BCUT2D eigenvalue weighted by Crippen LogP contribution is 2.38. The second kappa shape index (κ2) is 10.6. The number of Topliss-reactive ketones (excluding diaryl/α,β-unsaturated/α-hetero) is 1. The first-order valence-electron chi connectivity index (χ1n) is 12.7. The molecule has 0 radical (unpaired) electrons. The molecule has 0 aliphatic carbocycles. The number of rotatable bonds is 5. The number of para-hydroxylation sites is 1. The van der Waals surface area contributed by atoms with Gasteiger partial charge in [0.25, 0.3) is 5.91 Å². The number of hydrogen-bond acceptors (Lipinski definition) is 6. The molecule has 0 saturated heterocycles. The van der Waals surface area contributed by atoms with E-state index in [1.54, 1.807) is 32.9 Å². The lowest BCUT2D eigenvalue weighted by Crippen LogP contribution is -2.42. The first kappa shape index (κ1) is 26.6. The molecular weight excluding hydrogens is 513 g/mol. The van der Waals surface area contributed by atoms with Crippen LogP contribution in [-0.2, 0) is 11.3 Å². The number of anilines is 3. The number of fused-ring (bicyclic) bond motifs is 1. The Kier molecular flexibility index (Phi) is 7.08. The fourth-order valence-electron chi connectivity index (χ4n) is 4.38. The predicted molar refractivity (Wildman–Crippen MR) is 149 cm³/mol. The van der Waals surface area contributed by atoms with Gasteiger partial charge in [-0.25, -0.2) is 14.2 Å². The highest BCUT2D eigenvalue weighted by molar-refractivity contribution is 6.09. The van der Waals surface area contributed by atoms with Gasteiger partial charge in [0.15, 0.2) is 5.78 Å². The molecule has 0 bridgehead atoms. The van der Waals surface area contributed by atoms with Crippen LogP contribution >= 0.6 is 0 Å². The number of carbonyl (C=O) groups excluding carboxylic acids is 3. The Hall–Kier alpha value is -4.99. The molecule has 204 valence electrons. The van der Waals surface area contributed by atoms with Gasteiger partial charge in [-0.1, -0.05) is 18.2 Å². The number of aromatic amines is 1. The lowest BCUT2D eigenvalue weighted by Gasteiger charge is -2.29. The molecule has 4 aromatic rings. The van der Waals surface area contributed by atoms with Crippen LogP contribution in [0.25, 0.3) is 11.3 Å². The van der Waals surface area contributed by atoms with Gasteiger partial charge < -0.3 is 20.4 Å². The summed E-state index contributed by atoms with van der Waals surface area (Å²) in [6, 6.07) is 18.0. The van der Waals surface area contributed by atoms with Crippen molar-refractivity contribution in [2.45, 2.75) is 32.9 Å². The molecule has 2 amide bonds. The van der Waals surface area contributed by atoms with Crippen LogP contribution in [0.2, 0.25) is 0 Å². The summed E-state index contributed by atoms with van der Waals surface area (Å²) in [5.41, 5.74) is 3.15. The van der Waals surface area contributed by atoms with Crippen molar-refractivity contribution in [3.63, 3.8) is 0 Å². The van der Waals surface area contributed by atoms with Crippen molar-refractivity contribution >= 4 is 35.0 Å². The van der Waals surface area contributed by atoms with E-state index < -0.39 is 23.4 Å². The van der Waals surface area contributed by atoms with Gasteiger partial charge in [0, 0.05) is 28.7 Å². The van der Waals surface area contributed by atoms with E-state index >= 15 is 0 Å². The maximum Gasteiger partial charge on any atom is 0.411 e. The zero-order valence-corrected chi connectivity index (χ0v) is 22.2. The van der Waals surface area contributed by atoms with E-state index in [9.17, 15) is 18.8 Å². The van der Waals surface area contributed by atoms with Crippen molar-refractivity contribution < 1.29 is 23.5 Å². The van der Waals surface area contributed by atoms with Crippen LogP contribution in [-0.4, -0.2) is 44.8 Å². The molecule has 0 spiro atoms. The Morgan fingerprint density at radius 3 is 2.45 bits per heavy atom. The summed E-state index contributed by atoms with van der Waals surface area (Å²) in [6.07, 6.45) is 0.964. The number of hydrogen-bond donors (Lipinski definition) is 3. The van der Waals surface area contributed by atoms with Crippen molar-refractivity contribution in [2.24, 2.45) is 0 Å². The first-order valence-corrected chi connectivity index (χ1v) is 12.7. The molecule has 9 nitrogen and oxygen atoms in total. The van der Waals surface area contributed by atoms with Crippen molar-refractivity contribution in [3.05, 3.63) is 95.6 Å². The number of H-pyrrole nitrogens is 1. The number of amides is 2. The maximum absolute atomic E-state index is 13.4. The summed E-state index contributed by atoms with van der Waals surface area (Å²) in [7, 11) is 0. The number of nitrogens with one attached hydrogen (secondary N) is 3. The van der Waals surface area contributed by atoms with E-state index in [0.717, 1.165) is 5.69 Å². The highest BCUT2D eigenvalue weighted by atomic mass is 19.1. The number of aromatic nitrogens is 2. The van der Waals surface area contributed by atoms with E-state index in [0.29, 0.717) is 28.2 Å². The van der Waals surface area contributed by atoms with Crippen molar-refractivity contribution in [2.75, 3.05) is 17.2 Å². The van der Waals surface area contributed by atoms with Gasteiger partial charge >= 0.3 is 6.09 Å². The summed E-state index contributed by atoms with van der Waals surface area (Å²) in [4.78, 5) is 47.8. The molecular formula is C30H28FN5O4. The van der Waals surface area contributed by atoms with Gasteiger partial charge in [-0.3, -0.25) is 14.5 Å². The smallest absolute Gasteiger partial charge is 0.411 e. The number of halogens is 1. The van der Waals surface area contributed by atoms with Crippen LogP contribution in [0.4, 0.5) is 26.4 Å². The Morgan fingerprint density at radius 2 is 1.75 bits per heavy atom. The summed E-state index contributed by atoms with van der Waals surface area (Å²) in [5.74, 6) is -0.856. The van der Waals surface area contributed by atoms with Crippen molar-refractivity contribution in [3.8, 4) is 11.3 Å². The van der Waals surface area contributed by atoms with Crippen LogP contribution in [0.5, 0.6) is 0 Å². The van der Waals surface area contributed by atoms with Crippen molar-refractivity contribution in [1.82, 2.24) is 14.9 Å². The van der Waals surface area contributed by atoms with E-state index in [4.69, 9.17) is 4.74 Å². The molecule has 0 fully saturated rings. The van der Waals surface area contributed by atoms with Gasteiger partial charge in [-0.15, -0.1) is 0 Å². The molecule has 2 aromatic carbocycles. The molecule has 5 rings (SSSR count). The molecule has 1 aliphatic heterocycles. The minimum atomic E-state index is -0.701. The normalized spacial score (nSPS) is 13.0. The summed E-state index contributed by atoms with van der Waals surface area (Å²) in [5, 5.41) is 6.08. The lowest BCUT2D eigenvalue weighted by molar-refractivity contribution is 0.0218.